The summed E-state index contributed by atoms with van der Waals surface area (Å²) in [7, 11) is 0. The molecule has 1 aromatic carbocycles. The van der Waals surface area contributed by atoms with Gasteiger partial charge in [0.25, 0.3) is 0 Å². The first kappa shape index (κ1) is 11.8. The highest BCUT2D eigenvalue weighted by Gasteiger charge is 1.90. The minimum Gasteiger partial charge on any atom is -0.411 e. The minimum atomic E-state index is -0.101. The van der Waals surface area contributed by atoms with Gasteiger partial charge in [0.2, 0.25) is 5.91 Å². The number of carbonyl (C=O) groups is 1. The van der Waals surface area contributed by atoms with Gasteiger partial charge in [-0.05, 0) is 17.7 Å². The van der Waals surface area contributed by atoms with Crippen LogP contribution in [0.4, 0.5) is 0 Å². The molecule has 1 amide bonds. The van der Waals surface area contributed by atoms with Crippen molar-refractivity contribution in [3.63, 3.8) is 0 Å². The molecule has 0 saturated heterocycles. The normalized spacial score (nSPS) is 9.56. The van der Waals surface area contributed by atoms with Crippen molar-refractivity contribution in [3.8, 4) is 11.8 Å². The fourth-order valence-electron chi connectivity index (χ4n) is 1.08. The topological polar surface area (TPSA) is 61.7 Å². The Bertz CT molecular complexity index is 456. The SMILES string of the molecule is CC(=O)NCC#Cc1cccc(C=NO)c1. The van der Waals surface area contributed by atoms with Gasteiger partial charge in [0.15, 0.2) is 0 Å². The Balaban J connectivity index is 2.66. The number of benzene rings is 1. The Morgan fingerprint density at radius 2 is 2.44 bits per heavy atom. The lowest BCUT2D eigenvalue weighted by molar-refractivity contribution is -0.118. The summed E-state index contributed by atoms with van der Waals surface area (Å²) in [6.45, 7) is 1.77. The molecule has 0 aliphatic heterocycles. The van der Waals surface area contributed by atoms with Crippen molar-refractivity contribution in [2.45, 2.75) is 6.92 Å². The first-order valence-electron chi connectivity index (χ1n) is 4.73. The fraction of sp³-hybridized carbons (Fsp3) is 0.167. The van der Waals surface area contributed by atoms with Gasteiger partial charge in [0.1, 0.15) is 0 Å². The summed E-state index contributed by atoms with van der Waals surface area (Å²) in [6, 6.07) is 7.26. The second-order valence-electron chi connectivity index (χ2n) is 3.08. The van der Waals surface area contributed by atoms with Crippen LogP contribution in [0, 0.1) is 11.8 Å². The van der Waals surface area contributed by atoms with E-state index in [0.29, 0.717) is 6.54 Å². The van der Waals surface area contributed by atoms with Crippen LogP contribution in [-0.4, -0.2) is 23.9 Å². The Labute approximate surface area is 94.0 Å². The van der Waals surface area contributed by atoms with E-state index < -0.39 is 0 Å². The van der Waals surface area contributed by atoms with E-state index in [9.17, 15) is 4.79 Å². The fourth-order valence-corrected chi connectivity index (χ4v) is 1.08. The Morgan fingerprint density at radius 3 is 3.12 bits per heavy atom. The van der Waals surface area contributed by atoms with Crippen molar-refractivity contribution in [3.05, 3.63) is 35.4 Å². The zero-order chi connectivity index (χ0) is 11.8. The third-order valence-corrected chi connectivity index (χ3v) is 1.75. The molecule has 4 nitrogen and oxygen atoms in total. The van der Waals surface area contributed by atoms with E-state index in [1.54, 1.807) is 12.1 Å². The predicted molar refractivity (Wildman–Crippen MR) is 61.4 cm³/mol. The zero-order valence-electron chi connectivity index (χ0n) is 8.90. The quantitative estimate of drug-likeness (QED) is 0.335. The maximum atomic E-state index is 10.6. The van der Waals surface area contributed by atoms with Crippen molar-refractivity contribution in [2.24, 2.45) is 5.16 Å². The van der Waals surface area contributed by atoms with E-state index in [-0.39, 0.29) is 5.91 Å². The number of oxime groups is 1. The monoisotopic (exact) mass is 216 g/mol. The molecule has 2 N–H and O–H groups in total. The van der Waals surface area contributed by atoms with Crippen LogP contribution in [0.15, 0.2) is 29.4 Å². The number of nitrogens with one attached hydrogen (secondary N) is 1. The number of hydrogen-bond donors (Lipinski definition) is 2. The van der Waals surface area contributed by atoms with E-state index in [0.717, 1.165) is 11.1 Å². The highest BCUT2D eigenvalue weighted by Crippen LogP contribution is 2.01. The van der Waals surface area contributed by atoms with E-state index in [1.165, 1.54) is 13.1 Å². The largest absolute Gasteiger partial charge is 0.411 e. The lowest BCUT2D eigenvalue weighted by atomic mass is 10.1. The van der Waals surface area contributed by atoms with Gasteiger partial charge in [-0.25, -0.2) is 0 Å². The number of amides is 1. The molecule has 0 fully saturated rings. The molecular weight excluding hydrogens is 204 g/mol. The third-order valence-electron chi connectivity index (χ3n) is 1.75. The van der Waals surface area contributed by atoms with Crippen molar-refractivity contribution >= 4 is 12.1 Å². The standard InChI is InChI=1S/C12H12N2O2/c1-10(15)13-7-3-6-11-4-2-5-12(8-11)9-14-16/h2,4-5,8-9,16H,7H2,1H3,(H,13,15). The lowest BCUT2D eigenvalue weighted by Crippen LogP contribution is -2.19. The highest BCUT2D eigenvalue weighted by molar-refractivity contribution is 5.79. The first-order chi connectivity index (χ1) is 7.72. The second kappa shape index (κ2) is 6.25. The van der Waals surface area contributed by atoms with Gasteiger partial charge in [-0.15, -0.1) is 0 Å². The Kier molecular flexibility index (Phi) is 4.61. The van der Waals surface area contributed by atoms with Crippen LogP contribution in [0.25, 0.3) is 0 Å². The molecular formula is C12H12N2O2. The molecule has 0 aliphatic rings. The molecule has 0 aliphatic carbocycles. The van der Waals surface area contributed by atoms with Crippen LogP contribution in [0.2, 0.25) is 0 Å². The predicted octanol–water partition coefficient (Wildman–Crippen LogP) is 0.982. The zero-order valence-corrected chi connectivity index (χ0v) is 8.90. The molecule has 0 unspecified atom stereocenters. The summed E-state index contributed by atoms with van der Waals surface area (Å²) < 4.78 is 0. The van der Waals surface area contributed by atoms with Crippen LogP contribution >= 0.6 is 0 Å². The van der Waals surface area contributed by atoms with Gasteiger partial charge in [-0.2, -0.15) is 0 Å². The van der Waals surface area contributed by atoms with Gasteiger partial charge in [-0.1, -0.05) is 29.1 Å². The summed E-state index contributed by atoms with van der Waals surface area (Å²) in [5, 5.41) is 13.9. The van der Waals surface area contributed by atoms with Crippen LogP contribution in [0.5, 0.6) is 0 Å². The Hall–Kier alpha value is -2.28. The van der Waals surface area contributed by atoms with Crippen LogP contribution in [-0.2, 0) is 4.79 Å². The van der Waals surface area contributed by atoms with Crippen molar-refractivity contribution in [2.75, 3.05) is 6.54 Å². The van der Waals surface area contributed by atoms with Crippen LogP contribution in [0.1, 0.15) is 18.1 Å². The number of rotatable bonds is 2. The molecule has 0 aromatic heterocycles. The van der Waals surface area contributed by atoms with E-state index in [1.807, 2.05) is 12.1 Å². The molecule has 16 heavy (non-hydrogen) atoms. The number of nitrogens with zero attached hydrogens (tertiary/aromatic N) is 1. The molecule has 0 spiro atoms. The summed E-state index contributed by atoms with van der Waals surface area (Å²) >= 11 is 0. The van der Waals surface area contributed by atoms with Gasteiger partial charge in [-0.3, -0.25) is 4.79 Å². The summed E-state index contributed by atoms with van der Waals surface area (Å²) in [5.41, 5.74) is 1.58. The minimum absolute atomic E-state index is 0.101. The van der Waals surface area contributed by atoms with Crippen molar-refractivity contribution in [1.82, 2.24) is 5.32 Å². The van der Waals surface area contributed by atoms with Gasteiger partial charge in [0, 0.05) is 12.5 Å². The third kappa shape index (κ3) is 4.29. The molecule has 4 heteroatoms. The number of carbonyl (C=O) groups excluding carboxylic acids is 1. The van der Waals surface area contributed by atoms with E-state index in [2.05, 4.69) is 22.3 Å². The summed E-state index contributed by atoms with van der Waals surface area (Å²) in [5.74, 6) is 5.60. The van der Waals surface area contributed by atoms with Crippen LogP contribution < -0.4 is 5.32 Å². The molecule has 1 aromatic rings. The molecule has 0 radical (unpaired) electrons. The molecule has 82 valence electrons. The van der Waals surface area contributed by atoms with Crippen molar-refractivity contribution < 1.29 is 10.0 Å². The van der Waals surface area contributed by atoms with Crippen LogP contribution in [0.3, 0.4) is 0 Å². The van der Waals surface area contributed by atoms with E-state index >= 15 is 0 Å². The maximum absolute atomic E-state index is 10.6. The Morgan fingerprint density at radius 1 is 1.62 bits per heavy atom. The molecule has 0 heterocycles. The second-order valence-corrected chi connectivity index (χ2v) is 3.08. The van der Waals surface area contributed by atoms with Gasteiger partial charge < -0.3 is 10.5 Å². The highest BCUT2D eigenvalue weighted by atomic mass is 16.4. The summed E-state index contributed by atoms with van der Waals surface area (Å²) in [6.07, 6.45) is 1.33. The van der Waals surface area contributed by atoms with Gasteiger partial charge >= 0.3 is 0 Å². The first-order valence-corrected chi connectivity index (χ1v) is 4.73. The van der Waals surface area contributed by atoms with Crippen molar-refractivity contribution in [1.29, 1.82) is 0 Å². The molecule has 0 saturated carbocycles. The smallest absolute Gasteiger partial charge is 0.217 e. The van der Waals surface area contributed by atoms with E-state index in [4.69, 9.17) is 5.21 Å². The summed E-state index contributed by atoms with van der Waals surface area (Å²) in [4.78, 5) is 10.6. The molecule has 0 bridgehead atoms. The molecule has 0 atom stereocenters. The maximum Gasteiger partial charge on any atom is 0.217 e. The molecule has 1 rings (SSSR count). The average molecular weight is 216 g/mol. The average Bonchev–Trinajstić information content (AvgIpc) is 2.25. The lowest BCUT2D eigenvalue weighted by Gasteiger charge is -1.94. The van der Waals surface area contributed by atoms with Gasteiger partial charge in [0.05, 0.1) is 12.8 Å². The number of hydrogen-bond acceptors (Lipinski definition) is 3.